The third-order valence-corrected chi connectivity index (χ3v) is 3.71. The van der Waals surface area contributed by atoms with Crippen LogP contribution in [0.5, 0.6) is 11.5 Å². The van der Waals surface area contributed by atoms with E-state index in [1.165, 1.54) is 0 Å². The highest BCUT2D eigenvalue weighted by Gasteiger charge is 2.28. The van der Waals surface area contributed by atoms with E-state index in [1.807, 2.05) is 0 Å². The van der Waals surface area contributed by atoms with E-state index in [0.29, 0.717) is 5.57 Å². The maximum atomic E-state index is 12.2. The van der Waals surface area contributed by atoms with Gasteiger partial charge in [-0.25, -0.2) is 0 Å². The van der Waals surface area contributed by atoms with Crippen LogP contribution in [0.4, 0.5) is 0 Å². The predicted octanol–water partition coefficient (Wildman–Crippen LogP) is -0.924. The van der Waals surface area contributed by atoms with Crippen molar-refractivity contribution >= 4 is 17.7 Å². The van der Waals surface area contributed by atoms with Gasteiger partial charge in [-0.3, -0.25) is 14.4 Å². The minimum atomic E-state index is -1.49. The summed E-state index contributed by atoms with van der Waals surface area (Å²) in [5, 5.41) is 49.7. The van der Waals surface area contributed by atoms with Crippen molar-refractivity contribution in [3.63, 3.8) is 0 Å². The van der Waals surface area contributed by atoms with Gasteiger partial charge < -0.3 is 30.8 Å². The van der Waals surface area contributed by atoms with E-state index >= 15 is 0 Å². The van der Waals surface area contributed by atoms with Gasteiger partial charge in [-0.2, -0.15) is 0 Å². The SMILES string of the molecule is O=C(O)Cc1cc(O)cc(C(=O)NCC2=CC(=O)C(O)C(O)C2)c1O. The standard InChI is InChI=1S/C16H17NO8/c18-9-3-8(4-13(21)22)14(23)10(5-9)16(25)17-6-7-1-11(19)15(24)12(20)2-7/h1,3,5,12,15,18,20,23-24H,2,4,6H2,(H,17,25)(H,21,22). The molecule has 1 aliphatic rings. The van der Waals surface area contributed by atoms with Crippen molar-refractivity contribution < 1.29 is 39.9 Å². The van der Waals surface area contributed by atoms with E-state index in [4.69, 9.17) is 5.11 Å². The number of amides is 1. The van der Waals surface area contributed by atoms with Gasteiger partial charge in [-0.05, 0) is 30.2 Å². The number of aliphatic hydroxyl groups excluding tert-OH is 2. The van der Waals surface area contributed by atoms with Crippen molar-refractivity contribution in [2.75, 3.05) is 6.54 Å². The van der Waals surface area contributed by atoms with Crippen LogP contribution in [0.3, 0.4) is 0 Å². The average molecular weight is 351 g/mol. The Hall–Kier alpha value is -2.91. The summed E-state index contributed by atoms with van der Waals surface area (Å²) < 4.78 is 0. The number of hydrogen-bond donors (Lipinski definition) is 6. The number of aromatic hydroxyl groups is 2. The molecule has 0 spiro atoms. The van der Waals surface area contributed by atoms with Gasteiger partial charge in [0.15, 0.2) is 5.78 Å². The molecule has 0 heterocycles. The minimum absolute atomic E-state index is 0.0104. The minimum Gasteiger partial charge on any atom is -0.508 e. The summed E-state index contributed by atoms with van der Waals surface area (Å²) in [7, 11) is 0. The molecule has 0 aromatic heterocycles. The molecule has 134 valence electrons. The fourth-order valence-electron chi connectivity index (χ4n) is 2.48. The Morgan fingerprint density at radius 1 is 1.20 bits per heavy atom. The van der Waals surface area contributed by atoms with E-state index < -0.39 is 42.0 Å². The van der Waals surface area contributed by atoms with Crippen molar-refractivity contribution in [2.24, 2.45) is 0 Å². The molecular weight excluding hydrogens is 334 g/mol. The fraction of sp³-hybridized carbons (Fsp3) is 0.312. The van der Waals surface area contributed by atoms with Gasteiger partial charge in [0.2, 0.25) is 0 Å². The highest BCUT2D eigenvalue weighted by atomic mass is 16.4. The topological polar surface area (TPSA) is 164 Å². The number of rotatable bonds is 5. The summed E-state index contributed by atoms with van der Waals surface area (Å²) in [4.78, 5) is 34.4. The summed E-state index contributed by atoms with van der Waals surface area (Å²) in [6, 6.07) is 2.02. The monoisotopic (exact) mass is 351 g/mol. The van der Waals surface area contributed by atoms with Crippen LogP contribution in [0.25, 0.3) is 0 Å². The molecule has 0 fully saturated rings. The first-order chi connectivity index (χ1) is 11.7. The molecule has 0 bridgehead atoms. The zero-order valence-corrected chi connectivity index (χ0v) is 13.0. The third-order valence-electron chi connectivity index (χ3n) is 3.71. The van der Waals surface area contributed by atoms with Crippen LogP contribution in [-0.4, -0.2) is 61.9 Å². The molecule has 1 aliphatic carbocycles. The van der Waals surface area contributed by atoms with E-state index in [9.17, 15) is 34.8 Å². The molecule has 1 amide bonds. The molecule has 1 aromatic carbocycles. The Balaban J connectivity index is 2.14. The summed E-state index contributed by atoms with van der Waals surface area (Å²) in [6.07, 6.45) is -2.22. The zero-order chi connectivity index (χ0) is 18.7. The Morgan fingerprint density at radius 3 is 2.48 bits per heavy atom. The molecular formula is C16H17NO8. The maximum Gasteiger partial charge on any atom is 0.307 e. The Bertz CT molecular complexity index is 755. The third kappa shape index (κ3) is 4.34. The summed E-state index contributed by atoms with van der Waals surface area (Å²) in [6.45, 7) is -0.127. The fourth-order valence-corrected chi connectivity index (χ4v) is 2.48. The van der Waals surface area contributed by atoms with Gasteiger partial charge in [0, 0.05) is 12.1 Å². The first kappa shape index (κ1) is 18.4. The molecule has 1 aromatic rings. The second-order valence-corrected chi connectivity index (χ2v) is 5.68. The number of aliphatic carboxylic acids is 1. The van der Waals surface area contributed by atoms with E-state index in [1.54, 1.807) is 0 Å². The lowest BCUT2D eigenvalue weighted by molar-refractivity contribution is -0.136. The molecule has 0 saturated carbocycles. The quantitative estimate of drug-likeness (QED) is 0.371. The number of nitrogens with one attached hydrogen (secondary N) is 1. The van der Waals surface area contributed by atoms with E-state index in [-0.39, 0.29) is 29.8 Å². The number of carboxylic acids is 1. The summed E-state index contributed by atoms with van der Waals surface area (Å²) in [5.41, 5.74) is -0.0654. The summed E-state index contributed by atoms with van der Waals surface area (Å²) in [5.74, 6) is -3.67. The number of benzene rings is 1. The number of phenols is 2. The first-order valence-electron chi connectivity index (χ1n) is 7.33. The molecule has 2 unspecified atom stereocenters. The highest BCUT2D eigenvalue weighted by Crippen LogP contribution is 2.28. The van der Waals surface area contributed by atoms with Gasteiger partial charge >= 0.3 is 5.97 Å². The number of carbonyl (C=O) groups is 3. The zero-order valence-electron chi connectivity index (χ0n) is 13.0. The van der Waals surface area contributed by atoms with Crippen LogP contribution < -0.4 is 5.32 Å². The predicted molar refractivity (Wildman–Crippen MR) is 83.2 cm³/mol. The highest BCUT2D eigenvalue weighted by molar-refractivity contribution is 5.99. The lowest BCUT2D eigenvalue weighted by atomic mass is 9.93. The van der Waals surface area contributed by atoms with E-state index in [0.717, 1.165) is 18.2 Å². The molecule has 9 heteroatoms. The van der Waals surface area contributed by atoms with Gasteiger partial charge in [0.25, 0.3) is 5.91 Å². The Morgan fingerprint density at radius 2 is 1.88 bits per heavy atom. The number of carbonyl (C=O) groups excluding carboxylic acids is 2. The molecule has 6 N–H and O–H groups in total. The van der Waals surface area contributed by atoms with Gasteiger partial charge in [-0.15, -0.1) is 0 Å². The number of hydrogen-bond acceptors (Lipinski definition) is 7. The Kier molecular flexibility index (Phi) is 5.40. The first-order valence-corrected chi connectivity index (χ1v) is 7.33. The number of phenolic OH excluding ortho intramolecular Hbond substituents is 2. The molecule has 9 nitrogen and oxygen atoms in total. The van der Waals surface area contributed by atoms with Crippen molar-refractivity contribution in [2.45, 2.75) is 25.0 Å². The van der Waals surface area contributed by atoms with Crippen molar-refractivity contribution in [1.82, 2.24) is 5.32 Å². The lowest BCUT2D eigenvalue weighted by Gasteiger charge is -2.22. The van der Waals surface area contributed by atoms with E-state index in [2.05, 4.69) is 5.32 Å². The van der Waals surface area contributed by atoms with Crippen LogP contribution in [0, 0.1) is 0 Å². The van der Waals surface area contributed by atoms with Gasteiger partial charge in [-0.1, -0.05) is 0 Å². The molecule has 2 atom stereocenters. The van der Waals surface area contributed by atoms with Crippen LogP contribution in [0.1, 0.15) is 22.3 Å². The average Bonchev–Trinajstić information content (AvgIpc) is 2.52. The second kappa shape index (κ2) is 7.32. The maximum absolute atomic E-state index is 12.2. The smallest absolute Gasteiger partial charge is 0.307 e. The normalized spacial score (nSPS) is 20.1. The van der Waals surface area contributed by atoms with Gasteiger partial charge in [0.1, 0.15) is 17.6 Å². The number of carboxylic acid groups (broad SMARTS) is 1. The van der Waals surface area contributed by atoms with Crippen LogP contribution in [0.15, 0.2) is 23.8 Å². The molecule has 0 radical (unpaired) electrons. The molecule has 2 rings (SSSR count). The second-order valence-electron chi connectivity index (χ2n) is 5.68. The van der Waals surface area contributed by atoms with Crippen LogP contribution >= 0.6 is 0 Å². The summed E-state index contributed by atoms with van der Waals surface area (Å²) >= 11 is 0. The Labute approximate surface area is 141 Å². The van der Waals surface area contributed by atoms with Crippen molar-refractivity contribution in [1.29, 1.82) is 0 Å². The molecule has 0 aliphatic heterocycles. The largest absolute Gasteiger partial charge is 0.508 e. The molecule has 25 heavy (non-hydrogen) atoms. The molecule has 0 saturated heterocycles. The lowest BCUT2D eigenvalue weighted by Crippen LogP contribution is -2.38. The van der Waals surface area contributed by atoms with Crippen LogP contribution in [0.2, 0.25) is 0 Å². The van der Waals surface area contributed by atoms with Crippen molar-refractivity contribution in [3.05, 3.63) is 34.9 Å². The van der Waals surface area contributed by atoms with Gasteiger partial charge in [0.05, 0.1) is 18.1 Å². The van der Waals surface area contributed by atoms with Crippen LogP contribution in [-0.2, 0) is 16.0 Å². The van der Waals surface area contributed by atoms with Crippen molar-refractivity contribution in [3.8, 4) is 11.5 Å². The number of ketones is 1. The number of aliphatic hydroxyl groups is 2.